The fraction of sp³-hybridized carbons (Fsp3) is 0.0811. The second-order valence-electron chi connectivity index (χ2n) is 10.6. The molecule has 0 saturated carbocycles. The molecule has 0 radical (unpaired) electrons. The van der Waals surface area contributed by atoms with Crippen molar-refractivity contribution < 1.29 is 13.9 Å². The molecule has 4 nitrogen and oxygen atoms in total. The van der Waals surface area contributed by atoms with E-state index in [0.29, 0.717) is 29.9 Å². The zero-order valence-electron chi connectivity index (χ0n) is 23.5. The van der Waals surface area contributed by atoms with Crippen LogP contribution in [0.25, 0.3) is 23.1 Å². The lowest BCUT2D eigenvalue weighted by Gasteiger charge is -2.23. The van der Waals surface area contributed by atoms with Crippen molar-refractivity contribution in [3.63, 3.8) is 0 Å². The number of carbonyl (C=O) groups is 1. The van der Waals surface area contributed by atoms with E-state index in [-0.39, 0.29) is 11.7 Å². The van der Waals surface area contributed by atoms with Gasteiger partial charge in [-0.15, -0.1) is 11.3 Å². The maximum Gasteiger partial charge on any atom is 0.258 e. The third-order valence-corrected chi connectivity index (χ3v) is 9.34. The van der Waals surface area contributed by atoms with Crippen molar-refractivity contribution in [1.29, 1.82) is 0 Å². The summed E-state index contributed by atoms with van der Waals surface area (Å²) in [4.78, 5) is 22.0. The molecule has 44 heavy (non-hydrogen) atoms. The smallest absolute Gasteiger partial charge is 0.258 e. The van der Waals surface area contributed by atoms with Crippen LogP contribution in [-0.2, 0) is 13.1 Å². The summed E-state index contributed by atoms with van der Waals surface area (Å²) in [6, 6.07) is 34.4. The normalized spacial score (nSPS) is 12.9. The lowest BCUT2D eigenvalue weighted by molar-refractivity contribution is 0.0762. The highest BCUT2D eigenvalue weighted by molar-refractivity contribution is 9.11. The molecule has 7 heteroatoms. The van der Waals surface area contributed by atoms with E-state index >= 15 is 0 Å². The number of aromatic nitrogens is 1. The molecule has 1 aliphatic heterocycles. The molecule has 0 atom stereocenters. The van der Waals surface area contributed by atoms with Gasteiger partial charge in [-0.05, 0) is 80.2 Å². The van der Waals surface area contributed by atoms with Crippen LogP contribution in [0, 0.1) is 5.82 Å². The number of rotatable bonds is 8. The molecule has 0 unspecified atom stereocenters. The van der Waals surface area contributed by atoms with Crippen molar-refractivity contribution in [2.75, 3.05) is 0 Å². The summed E-state index contributed by atoms with van der Waals surface area (Å²) in [6.45, 7) is 0.737. The second-order valence-corrected chi connectivity index (χ2v) is 13.1. The number of benzene rings is 4. The van der Waals surface area contributed by atoms with Crippen LogP contribution in [0.3, 0.4) is 0 Å². The molecule has 0 N–H and O–H groups in total. The Morgan fingerprint density at radius 2 is 1.59 bits per heavy atom. The van der Waals surface area contributed by atoms with Crippen molar-refractivity contribution in [3.05, 3.63) is 163 Å². The van der Waals surface area contributed by atoms with E-state index in [1.54, 1.807) is 34.6 Å². The van der Waals surface area contributed by atoms with Crippen LogP contribution in [0.4, 0.5) is 4.39 Å². The number of ether oxygens (including phenoxy) is 1. The number of hydrogen-bond acceptors (Lipinski definition) is 4. The standard InChI is InChI=1S/C37H26BrFN2O2S/c38-32-20-18-28(44-32)17-19-29-30-12-7-21-40-34(30)36(43-35(25-8-3-1-4-9-25)26-10-5-2-6-11-26)33-31(29)23-41(37(33)42)22-24-13-15-27(39)16-14-24/h1-21,35H,22-23H2/b19-17+. The maximum atomic E-state index is 14.3. The van der Waals surface area contributed by atoms with Gasteiger partial charge in [-0.2, -0.15) is 0 Å². The topological polar surface area (TPSA) is 42.4 Å². The Hall–Kier alpha value is -4.59. The predicted octanol–water partition coefficient (Wildman–Crippen LogP) is 9.69. The van der Waals surface area contributed by atoms with Crippen LogP contribution >= 0.6 is 27.3 Å². The van der Waals surface area contributed by atoms with Crippen LogP contribution in [0.1, 0.15) is 49.2 Å². The van der Waals surface area contributed by atoms with Crippen LogP contribution in [0.15, 0.2) is 119 Å². The molecule has 0 fully saturated rings. The van der Waals surface area contributed by atoms with Gasteiger partial charge in [0.15, 0.2) is 5.75 Å². The number of pyridine rings is 1. The fourth-order valence-corrected chi connectivity index (χ4v) is 7.02. The van der Waals surface area contributed by atoms with Gasteiger partial charge in [0.05, 0.1) is 9.35 Å². The quantitative estimate of drug-likeness (QED) is 0.163. The van der Waals surface area contributed by atoms with Gasteiger partial charge in [0, 0.05) is 29.5 Å². The number of hydrogen-bond donors (Lipinski definition) is 0. The molecule has 0 saturated heterocycles. The third-order valence-electron chi connectivity index (χ3n) is 7.75. The Labute approximate surface area is 267 Å². The predicted molar refractivity (Wildman–Crippen MR) is 178 cm³/mol. The van der Waals surface area contributed by atoms with Gasteiger partial charge in [0.25, 0.3) is 5.91 Å². The minimum absolute atomic E-state index is 0.139. The molecule has 0 aliphatic carbocycles. The molecule has 7 rings (SSSR count). The van der Waals surface area contributed by atoms with Crippen molar-refractivity contribution in [2.24, 2.45) is 0 Å². The molecule has 0 bridgehead atoms. The molecule has 1 amide bonds. The van der Waals surface area contributed by atoms with Crippen molar-refractivity contribution in [3.8, 4) is 5.75 Å². The molecular weight excluding hydrogens is 635 g/mol. The zero-order valence-corrected chi connectivity index (χ0v) is 25.9. The van der Waals surface area contributed by atoms with Crippen LogP contribution in [0.2, 0.25) is 0 Å². The number of carbonyl (C=O) groups excluding carboxylic acids is 1. The van der Waals surface area contributed by atoms with E-state index in [0.717, 1.165) is 41.9 Å². The van der Waals surface area contributed by atoms with Gasteiger partial charge in [0.2, 0.25) is 0 Å². The van der Waals surface area contributed by atoms with Gasteiger partial charge in [-0.25, -0.2) is 4.39 Å². The van der Waals surface area contributed by atoms with Gasteiger partial charge in [-0.1, -0.05) is 84.9 Å². The summed E-state index contributed by atoms with van der Waals surface area (Å²) in [7, 11) is 0. The summed E-state index contributed by atoms with van der Waals surface area (Å²) in [5.74, 6) is 0.0227. The highest BCUT2D eigenvalue weighted by Gasteiger charge is 2.36. The minimum Gasteiger partial charge on any atom is -0.478 e. The van der Waals surface area contributed by atoms with E-state index in [4.69, 9.17) is 9.72 Å². The second kappa shape index (κ2) is 12.2. The highest BCUT2D eigenvalue weighted by atomic mass is 79.9. The molecular formula is C37H26BrFN2O2S. The molecule has 6 aromatic rings. The van der Waals surface area contributed by atoms with Crippen molar-refractivity contribution in [2.45, 2.75) is 19.2 Å². The number of amides is 1. The average molecular weight is 662 g/mol. The van der Waals surface area contributed by atoms with E-state index < -0.39 is 6.10 Å². The van der Waals surface area contributed by atoms with Crippen LogP contribution in [-0.4, -0.2) is 15.8 Å². The molecule has 0 spiro atoms. The lowest BCUT2D eigenvalue weighted by Crippen LogP contribution is -2.23. The SMILES string of the molecule is O=C1c2c(c(/C=C/c3ccc(Br)s3)c3cccnc3c2OC(c2ccccc2)c2ccccc2)CN1Cc1ccc(F)cc1. The summed E-state index contributed by atoms with van der Waals surface area (Å²) in [6.07, 6.45) is 5.42. The largest absolute Gasteiger partial charge is 0.478 e. The monoisotopic (exact) mass is 660 g/mol. The van der Waals surface area contributed by atoms with Gasteiger partial charge < -0.3 is 9.64 Å². The summed E-state index contributed by atoms with van der Waals surface area (Å²) >= 11 is 5.19. The van der Waals surface area contributed by atoms with Gasteiger partial charge in [-0.3, -0.25) is 9.78 Å². The lowest BCUT2D eigenvalue weighted by atomic mass is 9.95. The fourth-order valence-electron chi connectivity index (χ4n) is 5.70. The molecule has 2 aromatic heterocycles. The van der Waals surface area contributed by atoms with Gasteiger partial charge >= 0.3 is 0 Å². The summed E-state index contributed by atoms with van der Waals surface area (Å²) in [5, 5.41) is 0.907. The van der Waals surface area contributed by atoms with E-state index in [1.807, 2.05) is 78.9 Å². The zero-order chi connectivity index (χ0) is 30.0. The Bertz CT molecular complexity index is 1950. The van der Waals surface area contributed by atoms with Gasteiger partial charge in [0.1, 0.15) is 17.4 Å². The first-order valence-corrected chi connectivity index (χ1v) is 15.8. The van der Waals surface area contributed by atoms with Crippen LogP contribution in [0.5, 0.6) is 5.75 Å². The summed E-state index contributed by atoms with van der Waals surface area (Å²) in [5.41, 5.74) is 5.76. The Morgan fingerprint density at radius 1 is 0.886 bits per heavy atom. The van der Waals surface area contributed by atoms with E-state index in [9.17, 15) is 9.18 Å². The Balaban J connectivity index is 1.40. The number of thiophene rings is 1. The number of halogens is 2. The van der Waals surface area contributed by atoms with Crippen molar-refractivity contribution in [1.82, 2.24) is 9.88 Å². The molecule has 216 valence electrons. The van der Waals surface area contributed by atoms with E-state index in [2.05, 4.69) is 34.1 Å². The third kappa shape index (κ3) is 5.56. The molecule has 3 heterocycles. The highest BCUT2D eigenvalue weighted by Crippen LogP contribution is 2.44. The Morgan fingerprint density at radius 3 is 2.25 bits per heavy atom. The van der Waals surface area contributed by atoms with Crippen LogP contribution < -0.4 is 4.74 Å². The van der Waals surface area contributed by atoms with Crippen molar-refractivity contribution >= 4 is 56.2 Å². The first kappa shape index (κ1) is 28.2. The van der Waals surface area contributed by atoms with E-state index in [1.165, 1.54) is 12.1 Å². The first-order valence-electron chi connectivity index (χ1n) is 14.2. The first-order chi connectivity index (χ1) is 21.5. The maximum absolute atomic E-state index is 14.3. The summed E-state index contributed by atoms with van der Waals surface area (Å²) < 4.78 is 21.7. The minimum atomic E-state index is -0.462. The Kier molecular flexibility index (Phi) is 7.81. The molecule has 1 aliphatic rings. The molecule has 4 aromatic carbocycles. The average Bonchev–Trinajstić information content (AvgIpc) is 3.62. The number of nitrogens with zero attached hydrogens (tertiary/aromatic N) is 2. The number of fused-ring (bicyclic) bond motifs is 2.